The van der Waals surface area contributed by atoms with Crippen molar-refractivity contribution in [1.82, 2.24) is 4.31 Å². The zero-order chi connectivity index (χ0) is 20.4. The normalized spacial score (nSPS) is 20.0. The summed E-state index contributed by atoms with van der Waals surface area (Å²) < 4.78 is 34.3. The summed E-state index contributed by atoms with van der Waals surface area (Å²) in [6, 6.07) is 18.8. The molecule has 0 amide bonds. The van der Waals surface area contributed by atoms with Gasteiger partial charge in [0.15, 0.2) is 12.0 Å². The fourth-order valence-corrected chi connectivity index (χ4v) is 5.95. The standard InChI is InChI=1S/C22H21NO4S2/c1-16-9-11-19(12-10-16)29(25,26)23-18(14-20(24)17-6-3-2-4-7-17)15-27-22(23)21-8-5-13-28-21/h2-13,18,22H,14-15H2,1H3/t18-,22-/m1/s1. The molecular formula is C22H21NO4S2. The van der Waals surface area contributed by atoms with Crippen LogP contribution in [0.2, 0.25) is 0 Å². The van der Waals surface area contributed by atoms with E-state index >= 15 is 0 Å². The summed E-state index contributed by atoms with van der Waals surface area (Å²) >= 11 is 1.44. The summed E-state index contributed by atoms with van der Waals surface area (Å²) in [7, 11) is -3.84. The van der Waals surface area contributed by atoms with E-state index < -0.39 is 22.3 Å². The fraction of sp³-hybridized carbons (Fsp3) is 0.227. The van der Waals surface area contributed by atoms with Gasteiger partial charge in [-0.1, -0.05) is 54.1 Å². The number of ether oxygens (including phenoxy) is 1. The second kappa shape index (κ2) is 8.20. The van der Waals surface area contributed by atoms with Crippen molar-refractivity contribution < 1.29 is 17.9 Å². The minimum atomic E-state index is -3.84. The molecule has 0 spiro atoms. The van der Waals surface area contributed by atoms with Gasteiger partial charge < -0.3 is 4.74 Å². The first-order valence-electron chi connectivity index (χ1n) is 9.30. The molecule has 0 unspecified atom stereocenters. The van der Waals surface area contributed by atoms with Crippen LogP contribution in [0.15, 0.2) is 77.0 Å². The fourth-order valence-electron chi connectivity index (χ4n) is 3.44. The molecule has 2 atom stereocenters. The molecule has 1 saturated heterocycles. The Labute approximate surface area is 174 Å². The highest BCUT2D eigenvalue weighted by atomic mass is 32.2. The smallest absolute Gasteiger partial charge is 0.245 e. The number of hydrogen-bond donors (Lipinski definition) is 0. The molecule has 150 valence electrons. The molecule has 1 aliphatic rings. The van der Waals surface area contributed by atoms with Gasteiger partial charge in [-0.3, -0.25) is 4.79 Å². The van der Waals surface area contributed by atoms with E-state index in [0.717, 1.165) is 10.4 Å². The van der Waals surface area contributed by atoms with Crippen molar-refractivity contribution in [2.75, 3.05) is 6.61 Å². The Balaban J connectivity index is 1.69. The zero-order valence-electron chi connectivity index (χ0n) is 15.9. The second-order valence-corrected chi connectivity index (χ2v) is 9.82. The van der Waals surface area contributed by atoms with E-state index in [2.05, 4.69) is 0 Å². The third kappa shape index (κ3) is 4.04. The van der Waals surface area contributed by atoms with Crippen molar-refractivity contribution >= 4 is 27.1 Å². The lowest BCUT2D eigenvalue weighted by Crippen LogP contribution is -2.39. The van der Waals surface area contributed by atoms with E-state index in [0.29, 0.717) is 5.56 Å². The van der Waals surface area contributed by atoms with E-state index in [9.17, 15) is 13.2 Å². The number of carbonyl (C=O) groups is 1. The maximum atomic E-state index is 13.5. The summed E-state index contributed by atoms with van der Waals surface area (Å²) in [6.45, 7) is 2.08. The molecule has 29 heavy (non-hydrogen) atoms. The van der Waals surface area contributed by atoms with Gasteiger partial charge in [0.05, 0.1) is 17.5 Å². The van der Waals surface area contributed by atoms with Gasteiger partial charge in [-0.25, -0.2) is 8.42 Å². The van der Waals surface area contributed by atoms with Crippen molar-refractivity contribution in [3.8, 4) is 0 Å². The monoisotopic (exact) mass is 427 g/mol. The average molecular weight is 428 g/mol. The first-order valence-corrected chi connectivity index (χ1v) is 11.6. The lowest BCUT2D eigenvalue weighted by Gasteiger charge is -2.26. The van der Waals surface area contributed by atoms with Crippen molar-refractivity contribution in [1.29, 1.82) is 0 Å². The summed E-state index contributed by atoms with van der Waals surface area (Å²) in [6.07, 6.45) is -0.661. The Morgan fingerprint density at radius 3 is 2.45 bits per heavy atom. The highest BCUT2D eigenvalue weighted by Gasteiger charge is 2.45. The van der Waals surface area contributed by atoms with Gasteiger partial charge in [0.1, 0.15) is 0 Å². The first kappa shape index (κ1) is 20.0. The van der Waals surface area contributed by atoms with Gasteiger partial charge >= 0.3 is 0 Å². The summed E-state index contributed by atoms with van der Waals surface area (Å²) in [5.41, 5.74) is 1.55. The maximum Gasteiger partial charge on any atom is 0.245 e. The highest BCUT2D eigenvalue weighted by Crippen LogP contribution is 2.39. The van der Waals surface area contributed by atoms with Crippen molar-refractivity contribution in [3.05, 3.63) is 88.1 Å². The number of ketones is 1. The number of sulfonamides is 1. The zero-order valence-corrected chi connectivity index (χ0v) is 17.5. The average Bonchev–Trinajstić information content (AvgIpc) is 3.39. The summed E-state index contributed by atoms with van der Waals surface area (Å²) in [4.78, 5) is 13.8. The van der Waals surface area contributed by atoms with Crippen molar-refractivity contribution in [3.63, 3.8) is 0 Å². The Morgan fingerprint density at radius 2 is 1.79 bits per heavy atom. The van der Waals surface area contributed by atoms with Crippen LogP contribution in [0.3, 0.4) is 0 Å². The number of hydrogen-bond acceptors (Lipinski definition) is 5. The summed E-state index contributed by atoms with van der Waals surface area (Å²) in [5.74, 6) is -0.102. The van der Waals surface area contributed by atoms with Gasteiger partial charge in [0, 0.05) is 16.9 Å². The van der Waals surface area contributed by atoms with Crippen molar-refractivity contribution in [2.24, 2.45) is 0 Å². The molecule has 2 heterocycles. The van der Waals surface area contributed by atoms with Crippen LogP contribution >= 0.6 is 11.3 Å². The number of aryl methyl sites for hydroxylation is 1. The third-order valence-electron chi connectivity index (χ3n) is 4.94. The van der Waals surface area contributed by atoms with Crippen LogP contribution in [-0.4, -0.2) is 31.2 Å². The van der Waals surface area contributed by atoms with Crippen LogP contribution in [0.4, 0.5) is 0 Å². The molecule has 0 aliphatic carbocycles. The molecule has 7 heteroatoms. The van der Waals surface area contributed by atoms with E-state index in [-0.39, 0.29) is 23.7 Å². The van der Waals surface area contributed by atoms with Crippen LogP contribution < -0.4 is 0 Å². The lowest BCUT2D eigenvalue weighted by molar-refractivity contribution is 0.0710. The van der Waals surface area contributed by atoms with Gasteiger partial charge in [0.25, 0.3) is 0 Å². The minimum Gasteiger partial charge on any atom is -0.355 e. The van der Waals surface area contributed by atoms with Gasteiger partial charge in [-0.05, 0) is 30.5 Å². The topological polar surface area (TPSA) is 63.7 Å². The van der Waals surface area contributed by atoms with Gasteiger partial charge in [0.2, 0.25) is 10.0 Å². The Bertz CT molecular complexity index is 1080. The number of carbonyl (C=O) groups excluding carboxylic acids is 1. The van der Waals surface area contributed by atoms with Crippen LogP contribution in [0.1, 0.15) is 33.4 Å². The van der Waals surface area contributed by atoms with Gasteiger partial charge in [-0.2, -0.15) is 4.31 Å². The molecule has 1 aliphatic heterocycles. The molecule has 3 aromatic rings. The molecule has 1 fully saturated rings. The number of Topliss-reactive ketones (excluding diaryl/α,β-unsaturated/α-hetero) is 1. The number of nitrogens with zero attached hydrogens (tertiary/aromatic N) is 1. The number of benzene rings is 2. The molecule has 5 nitrogen and oxygen atoms in total. The highest BCUT2D eigenvalue weighted by molar-refractivity contribution is 7.89. The molecule has 0 saturated carbocycles. The van der Waals surface area contributed by atoms with Gasteiger partial charge in [-0.15, -0.1) is 11.3 Å². The Hall–Kier alpha value is -2.32. The van der Waals surface area contributed by atoms with E-state index in [1.807, 2.05) is 30.5 Å². The van der Waals surface area contributed by atoms with Crippen LogP contribution in [0.25, 0.3) is 0 Å². The predicted molar refractivity (Wildman–Crippen MR) is 112 cm³/mol. The van der Waals surface area contributed by atoms with E-state index in [1.165, 1.54) is 15.6 Å². The van der Waals surface area contributed by atoms with Crippen LogP contribution in [-0.2, 0) is 14.8 Å². The molecule has 2 aromatic carbocycles. The predicted octanol–water partition coefficient (Wildman–Crippen LogP) is 4.42. The van der Waals surface area contributed by atoms with Crippen LogP contribution in [0, 0.1) is 6.92 Å². The first-order chi connectivity index (χ1) is 14.0. The van der Waals surface area contributed by atoms with Crippen molar-refractivity contribution in [2.45, 2.75) is 30.5 Å². The molecule has 0 radical (unpaired) electrons. The third-order valence-corrected chi connectivity index (χ3v) is 7.75. The molecule has 1 aromatic heterocycles. The summed E-state index contributed by atoms with van der Waals surface area (Å²) in [5, 5.41) is 1.89. The molecular weight excluding hydrogens is 406 g/mol. The quantitative estimate of drug-likeness (QED) is 0.547. The van der Waals surface area contributed by atoms with E-state index in [1.54, 1.807) is 48.5 Å². The Morgan fingerprint density at radius 1 is 1.07 bits per heavy atom. The number of rotatable bonds is 6. The second-order valence-electron chi connectivity index (χ2n) is 7.00. The molecule has 4 rings (SSSR count). The molecule has 0 bridgehead atoms. The largest absolute Gasteiger partial charge is 0.355 e. The number of thiophene rings is 1. The van der Waals surface area contributed by atoms with Crippen LogP contribution in [0.5, 0.6) is 0 Å². The molecule has 0 N–H and O–H groups in total. The van der Waals surface area contributed by atoms with E-state index in [4.69, 9.17) is 4.74 Å². The SMILES string of the molecule is Cc1ccc(S(=O)(=O)N2[C@H](CC(=O)c3ccccc3)CO[C@@H]2c2cccs2)cc1. The lowest BCUT2D eigenvalue weighted by atomic mass is 10.0. The minimum absolute atomic E-state index is 0.0664. The maximum absolute atomic E-state index is 13.5. The Kier molecular flexibility index (Phi) is 5.65.